The number of hydrogen-bond acceptors (Lipinski definition) is 2. The number of aromatic nitrogens is 1. The molecule has 0 spiro atoms. The molecule has 0 unspecified atom stereocenters. The second kappa shape index (κ2) is 7.16. The fourth-order valence-electron chi connectivity index (χ4n) is 2.11. The van der Waals surface area contributed by atoms with Gasteiger partial charge in [0.2, 0.25) is 0 Å². The largest absolute Gasteiger partial charge is 0.484 e. The first-order valence-corrected chi connectivity index (χ1v) is 7.57. The van der Waals surface area contributed by atoms with Crippen molar-refractivity contribution in [3.05, 3.63) is 53.9 Å². The van der Waals surface area contributed by atoms with E-state index in [9.17, 15) is 4.79 Å². The van der Waals surface area contributed by atoms with Gasteiger partial charge in [-0.2, -0.15) is 0 Å². The van der Waals surface area contributed by atoms with E-state index in [0.29, 0.717) is 6.54 Å². The third-order valence-corrected chi connectivity index (χ3v) is 3.45. The third kappa shape index (κ3) is 4.95. The van der Waals surface area contributed by atoms with Gasteiger partial charge in [-0.1, -0.05) is 32.9 Å². The van der Waals surface area contributed by atoms with Gasteiger partial charge in [-0.3, -0.25) is 4.79 Å². The third-order valence-electron chi connectivity index (χ3n) is 3.45. The Balaban J connectivity index is 1.76. The van der Waals surface area contributed by atoms with Crippen LogP contribution in [-0.4, -0.2) is 24.0 Å². The minimum absolute atomic E-state index is 0.0400. The summed E-state index contributed by atoms with van der Waals surface area (Å²) in [5.41, 5.74) is 2.37. The summed E-state index contributed by atoms with van der Waals surface area (Å²) in [4.78, 5) is 14.9. The lowest BCUT2D eigenvalue weighted by molar-refractivity contribution is -0.123. The normalized spacial score (nSPS) is 11.2. The minimum Gasteiger partial charge on any atom is -0.484 e. The molecule has 1 aromatic heterocycles. The molecule has 0 aliphatic rings. The summed E-state index contributed by atoms with van der Waals surface area (Å²) in [6.45, 7) is 7.10. The molecule has 22 heavy (non-hydrogen) atoms. The molecule has 0 bridgehead atoms. The zero-order valence-corrected chi connectivity index (χ0v) is 13.5. The topological polar surface area (TPSA) is 54.1 Å². The molecule has 4 heteroatoms. The van der Waals surface area contributed by atoms with Crippen LogP contribution < -0.4 is 10.1 Å². The summed E-state index contributed by atoms with van der Waals surface area (Å²) in [7, 11) is 0. The van der Waals surface area contributed by atoms with Crippen LogP contribution in [0.15, 0.2) is 42.6 Å². The molecular weight excluding hydrogens is 276 g/mol. The minimum atomic E-state index is -0.104. The fraction of sp³-hybridized carbons (Fsp3) is 0.389. The molecule has 1 aromatic carbocycles. The first-order valence-electron chi connectivity index (χ1n) is 7.57. The van der Waals surface area contributed by atoms with Crippen molar-refractivity contribution in [2.75, 3.05) is 13.2 Å². The smallest absolute Gasteiger partial charge is 0.257 e. The van der Waals surface area contributed by atoms with Gasteiger partial charge in [-0.15, -0.1) is 0 Å². The van der Waals surface area contributed by atoms with Crippen molar-refractivity contribution in [3.63, 3.8) is 0 Å². The Kier molecular flexibility index (Phi) is 5.26. The van der Waals surface area contributed by atoms with E-state index >= 15 is 0 Å². The van der Waals surface area contributed by atoms with Crippen LogP contribution in [0.1, 0.15) is 32.0 Å². The highest BCUT2D eigenvalue weighted by molar-refractivity contribution is 5.77. The molecule has 0 atom stereocenters. The van der Waals surface area contributed by atoms with Gasteiger partial charge in [0.05, 0.1) is 0 Å². The van der Waals surface area contributed by atoms with Crippen molar-refractivity contribution >= 4 is 5.91 Å². The lowest BCUT2D eigenvalue weighted by atomic mass is 9.87. The van der Waals surface area contributed by atoms with E-state index in [1.807, 2.05) is 36.5 Å². The SMILES string of the molecule is CC(C)(C)c1cccc(OCC(=O)NCCc2ccc[nH]2)c1. The predicted molar refractivity (Wildman–Crippen MR) is 88.1 cm³/mol. The Morgan fingerprint density at radius 2 is 2.05 bits per heavy atom. The molecule has 0 saturated heterocycles. The molecule has 2 N–H and O–H groups in total. The molecular formula is C18H24N2O2. The van der Waals surface area contributed by atoms with E-state index in [1.54, 1.807) is 0 Å². The molecule has 0 radical (unpaired) electrons. The Hall–Kier alpha value is -2.23. The molecule has 0 fully saturated rings. The van der Waals surface area contributed by atoms with E-state index in [4.69, 9.17) is 4.74 Å². The van der Waals surface area contributed by atoms with Gasteiger partial charge in [0, 0.05) is 24.9 Å². The van der Waals surface area contributed by atoms with Crippen LogP contribution in [0.4, 0.5) is 0 Å². The molecule has 0 saturated carbocycles. The maximum absolute atomic E-state index is 11.8. The molecule has 0 aliphatic heterocycles. The first-order chi connectivity index (χ1) is 10.4. The van der Waals surface area contributed by atoms with Crippen molar-refractivity contribution in [1.82, 2.24) is 10.3 Å². The molecule has 2 rings (SSSR count). The van der Waals surface area contributed by atoms with E-state index in [1.165, 1.54) is 5.56 Å². The van der Waals surface area contributed by atoms with Crippen molar-refractivity contribution in [2.45, 2.75) is 32.6 Å². The number of hydrogen-bond donors (Lipinski definition) is 2. The highest BCUT2D eigenvalue weighted by atomic mass is 16.5. The number of carbonyl (C=O) groups is 1. The van der Waals surface area contributed by atoms with Gasteiger partial charge in [0.1, 0.15) is 5.75 Å². The summed E-state index contributed by atoms with van der Waals surface area (Å²) >= 11 is 0. The number of nitrogens with one attached hydrogen (secondary N) is 2. The van der Waals surface area contributed by atoms with Gasteiger partial charge in [0.15, 0.2) is 6.61 Å². The highest BCUT2D eigenvalue weighted by Gasteiger charge is 2.14. The Morgan fingerprint density at radius 3 is 2.73 bits per heavy atom. The maximum atomic E-state index is 11.8. The monoisotopic (exact) mass is 300 g/mol. The van der Waals surface area contributed by atoms with Gasteiger partial charge >= 0.3 is 0 Å². The lowest BCUT2D eigenvalue weighted by Crippen LogP contribution is -2.30. The van der Waals surface area contributed by atoms with Crippen LogP contribution in [0.3, 0.4) is 0 Å². The van der Waals surface area contributed by atoms with Crippen molar-refractivity contribution in [2.24, 2.45) is 0 Å². The number of amides is 1. The van der Waals surface area contributed by atoms with Crippen LogP contribution in [0.25, 0.3) is 0 Å². The predicted octanol–water partition coefficient (Wildman–Crippen LogP) is 3.05. The van der Waals surface area contributed by atoms with Crippen molar-refractivity contribution in [1.29, 1.82) is 0 Å². The summed E-state index contributed by atoms with van der Waals surface area (Å²) in [5.74, 6) is 0.625. The molecule has 118 valence electrons. The second-order valence-electron chi connectivity index (χ2n) is 6.36. The molecule has 0 aliphatic carbocycles. The average Bonchev–Trinajstić information content (AvgIpc) is 2.98. The Bertz CT molecular complexity index is 598. The van der Waals surface area contributed by atoms with E-state index in [-0.39, 0.29) is 17.9 Å². The Morgan fingerprint density at radius 1 is 1.23 bits per heavy atom. The van der Waals surface area contributed by atoms with Gasteiger partial charge < -0.3 is 15.0 Å². The van der Waals surface area contributed by atoms with Crippen LogP contribution in [0.2, 0.25) is 0 Å². The number of benzene rings is 1. The van der Waals surface area contributed by atoms with Crippen LogP contribution in [0, 0.1) is 0 Å². The number of carbonyl (C=O) groups excluding carboxylic acids is 1. The molecule has 2 aromatic rings. The summed E-state index contributed by atoms with van der Waals surface area (Å²) < 4.78 is 5.57. The van der Waals surface area contributed by atoms with Crippen molar-refractivity contribution < 1.29 is 9.53 Å². The van der Waals surface area contributed by atoms with Crippen LogP contribution in [0.5, 0.6) is 5.75 Å². The number of aromatic amines is 1. The molecule has 4 nitrogen and oxygen atoms in total. The van der Waals surface area contributed by atoms with Gasteiger partial charge in [0.25, 0.3) is 5.91 Å². The summed E-state index contributed by atoms with van der Waals surface area (Å²) in [6.07, 6.45) is 2.67. The molecule has 1 amide bonds. The zero-order valence-electron chi connectivity index (χ0n) is 13.5. The van der Waals surface area contributed by atoms with Gasteiger partial charge in [-0.25, -0.2) is 0 Å². The Labute approximate surface area is 131 Å². The molecule has 1 heterocycles. The quantitative estimate of drug-likeness (QED) is 0.861. The summed E-state index contributed by atoms with van der Waals surface area (Å²) in [6, 6.07) is 11.8. The summed E-state index contributed by atoms with van der Waals surface area (Å²) in [5, 5.41) is 2.85. The van der Waals surface area contributed by atoms with Crippen molar-refractivity contribution in [3.8, 4) is 5.75 Å². The fourth-order valence-corrected chi connectivity index (χ4v) is 2.11. The lowest BCUT2D eigenvalue weighted by Gasteiger charge is -2.19. The standard InChI is InChI=1S/C18H24N2O2/c1-18(2,3)14-6-4-8-16(12-14)22-13-17(21)20-11-9-15-7-5-10-19-15/h4-8,10,12,19H,9,11,13H2,1-3H3,(H,20,21). The zero-order chi connectivity index (χ0) is 16.0. The van der Waals surface area contributed by atoms with Crippen LogP contribution in [-0.2, 0) is 16.6 Å². The second-order valence-corrected chi connectivity index (χ2v) is 6.36. The highest BCUT2D eigenvalue weighted by Crippen LogP contribution is 2.25. The average molecular weight is 300 g/mol. The van der Waals surface area contributed by atoms with E-state index in [2.05, 4.69) is 37.1 Å². The number of H-pyrrole nitrogens is 1. The van der Waals surface area contributed by atoms with Crippen LogP contribution >= 0.6 is 0 Å². The maximum Gasteiger partial charge on any atom is 0.257 e. The van der Waals surface area contributed by atoms with E-state index < -0.39 is 0 Å². The van der Waals surface area contributed by atoms with E-state index in [0.717, 1.165) is 17.9 Å². The van der Waals surface area contributed by atoms with Gasteiger partial charge in [-0.05, 0) is 35.2 Å². The number of ether oxygens (including phenoxy) is 1. The first kappa shape index (κ1) is 16.1. The number of rotatable bonds is 6.